The predicted molar refractivity (Wildman–Crippen MR) is 144 cm³/mol. The second-order valence-corrected chi connectivity index (χ2v) is 8.85. The lowest BCUT2D eigenvalue weighted by Gasteiger charge is -2.20. The zero-order chi connectivity index (χ0) is 24.9. The van der Waals surface area contributed by atoms with E-state index in [1.54, 1.807) is 7.11 Å². The Hall–Kier alpha value is -4.19. The lowest BCUT2D eigenvalue weighted by Crippen LogP contribution is -2.29. The third kappa shape index (κ3) is 4.80. The van der Waals surface area contributed by atoms with Crippen molar-refractivity contribution < 1.29 is 14.3 Å². The molecule has 0 aliphatic carbocycles. The molecule has 0 spiro atoms. The number of aromatic nitrogens is 2. The fourth-order valence-electron chi connectivity index (χ4n) is 4.86. The van der Waals surface area contributed by atoms with E-state index in [0.29, 0.717) is 37.5 Å². The Morgan fingerprint density at radius 3 is 2.42 bits per heavy atom. The van der Waals surface area contributed by atoms with Crippen molar-refractivity contribution in [1.82, 2.24) is 15.3 Å². The molecule has 1 atom stereocenters. The minimum absolute atomic E-state index is 0.0306. The standard InChI is InChI=1S/C30H31N3O3/c1-3-36-28-14-12-20(16-29(28)35-2)24(25-19-32-27-11-7-5-9-23(25)27)18-33-30(34)15-13-21-17-31-26-10-6-4-8-22(21)26/h4-12,14,16-17,19,24,31-32H,3,13,15,18H2,1-2H3,(H,33,34). The number of methoxy groups -OCH3 is 1. The molecule has 0 aliphatic rings. The summed E-state index contributed by atoms with van der Waals surface area (Å²) >= 11 is 0. The molecule has 1 amide bonds. The summed E-state index contributed by atoms with van der Waals surface area (Å²) in [6.07, 6.45) is 5.15. The number of para-hydroxylation sites is 2. The van der Waals surface area contributed by atoms with E-state index in [1.165, 1.54) is 5.39 Å². The molecule has 2 aromatic heterocycles. The molecule has 184 valence electrons. The van der Waals surface area contributed by atoms with Gasteiger partial charge in [-0.15, -0.1) is 0 Å². The van der Waals surface area contributed by atoms with Gasteiger partial charge in [0, 0.05) is 53.1 Å². The Bertz CT molecular complexity index is 1480. The molecule has 36 heavy (non-hydrogen) atoms. The Morgan fingerprint density at radius 1 is 0.917 bits per heavy atom. The van der Waals surface area contributed by atoms with Gasteiger partial charge in [0.05, 0.1) is 13.7 Å². The number of benzene rings is 3. The molecule has 6 heteroatoms. The van der Waals surface area contributed by atoms with Crippen LogP contribution in [-0.4, -0.2) is 36.1 Å². The number of H-pyrrole nitrogens is 2. The first-order valence-electron chi connectivity index (χ1n) is 12.4. The first-order valence-corrected chi connectivity index (χ1v) is 12.4. The van der Waals surface area contributed by atoms with Gasteiger partial charge in [0.15, 0.2) is 11.5 Å². The second kappa shape index (κ2) is 10.6. The van der Waals surface area contributed by atoms with Crippen molar-refractivity contribution >= 4 is 27.7 Å². The van der Waals surface area contributed by atoms with Gasteiger partial charge in [0.2, 0.25) is 5.91 Å². The Labute approximate surface area is 210 Å². The normalized spacial score (nSPS) is 12.1. The zero-order valence-electron chi connectivity index (χ0n) is 20.6. The monoisotopic (exact) mass is 481 g/mol. The number of carbonyl (C=O) groups is 1. The third-order valence-electron chi connectivity index (χ3n) is 6.69. The highest BCUT2D eigenvalue weighted by Crippen LogP contribution is 2.36. The molecule has 6 nitrogen and oxygen atoms in total. The number of hydrogen-bond acceptors (Lipinski definition) is 3. The number of aromatic amines is 2. The van der Waals surface area contributed by atoms with E-state index in [0.717, 1.165) is 33.1 Å². The van der Waals surface area contributed by atoms with Crippen molar-refractivity contribution in [2.24, 2.45) is 0 Å². The van der Waals surface area contributed by atoms with Crippen LogP contribution < -0.4 is 14.8 Å². The van der Waals surface area contributed by atoms with Gasteiger partial charge in [0.1, 0.15) is 0 Å². The fourth-order valence-corrected chi connectivity index (χ4v) is 4.86. The number of nitrogens with one attached hydrogen (secondary N) is 3. The molecule has 0 aliphatic heterocycles. The molecule has 2 heterocycles. The van der Waals surface area contributed by atoms with Crippen LogP contribution in [0, 0.1) is 0 Å². The van der Waals surface area contributed by atoms with Crippen LogP contribution in [0.4, 0.5) is 0 Å². The number of rotatable bonds is 10. The van der Waals surface area contributed by atoms with E-state index in [4.69, 9.17) is 9.47 Å². The molecule has 0 radical (unpaired) electrons. The summed E-state index contributed by atoms with van der Waals surface area (Å²) in [5, 5.41) is 5.50. The number of hydrogen-bond donors (Lipinski definition) is 3. The van der Waals surface area contributed by atoms with Crippen LogP contribution in [0.3, 0.4) is 0 Å². The van der Waals surface area contributed by atoms with Crippen molar-refractivity contribution in [2.75, 3.05) is 20.3 Å². The second-order valence-electron chi connectivity index (χ2n) is 8.85. The Morgan fingerprint density at radius 2 is 1.64 bits per heavy atom. The van der Waals surface area contributed by atoms with Gasteiger partial charge in [-0.2, -0.15) is 0 Å². The van der Waals surface area contributed by atoms with Gasteiger partial charge in [-0.25, -0.2) is 0 Å². The van der Waals surface area contributed by atoms with Crippen LogP contribution in [0.2, 0.25) is 0 Å². The number of amides is 1. The number of aryl methyl sites for hydroxylation is 1. The molecular formula is C30H31N3O3. The van der Waals surface area contributed by atoms with Gasteiger partial charge in [-0.3, -0.25) is 4.79 Å². The van der Waals surface area contributed by atoms with E-state index < -0.39 is 0 Å². The topological polar surface area (TPSA) is 79.1 Å². The first-order chi connectivity index (χ1) is 17.7. The lowest BCUT2D eigenvalue weighted by atomic mass is 9.90. The van der Waals surface area contributed by atoms with Crippen molar-refractivity contribution in [1.29, 1.82) is 0 Å². The highest BCUT2D eigenvalue weighted by atomic mass is 16.5. The van der Waals surface area contributed by atoms with Crippen LogP contribution >= 0.6 is 0 Å². The summed E-state index contributed by atoms with van der Waals surface area (Å²) in [7, 11) is 1.65. The zero-order valence-corrected chi connectivity index (χ0v) is 20.6. The number of carbonyl (C=O) groups excluding carboxylic acids is 1. The van der Waals surface area contributed by atoms with E-state index >= 15 is 0 Å². The van der Waals surface area contributed by atoms with Crippen LogP contribution in [0.15, 0.2) is 79.1 Å². The summed E-state index contributed by atoms with van der Waals surface area (Å²) in [6, 6.07) is 22.4. The smallest absolute Gasteiger partial charge is 0.220 e. The van der Waals surface area contributed by atoms with E-state index in [-0.39, 0.29) is 11.8 Å². The van der Waals surface area contributed by atoms with Crippen LogP contribution in [0.1, 0.15) is 36.0 Å². The van der Waals surface area contributed by atoms with Crippen molar-refractivity contribution in [3.63, 3.8) is 0 Å². The van der Waals surface area contributed by atoms with Gasteiger partial charge >= 0.3 is 0 Å². The summed E-state index contributed by atoms with van der Waals surface area (Å²) in [5.41, 5.74) is 5.51. The maximum Gasteiger partial charge on any atom is 0.220 e. The molecule has 0 fully saturated rings. The molecule has 0 saturated heterocycles. The summed E-state index contributed by atoms with van der Waals surface area (Å²) in [6.45, 7) is 2.99. The average molecular weight is 482 g/mol. The van der Waals surface area contributed by atoms with Gasteiger partial charge in [-0.05, 0) is 54.3 Å². The summed E-state index contributed by atoms with van der Waals surface area (Å²) < 4.78 is 11.3. The van der Waals surface area contributed by atoms with Crippen molar-refractivity contribution in [3.8, 4) is 11.5 Å². The average Bonchev–Trinajstić information content (AvgIpc) is 3.53. The fraction of sp³-hybridized carbons (Fsp3) is 0.233. The minimum atomic E-state index is -0.0530. The quantitative estimate of drug-likeness (QED) is 0.231. The van der Waals surface area contributed by atoms with Crippen molar-refractivity contribution in [3.05, 3.63) is 95.8 Å². The SMILES string of the molecule is CCOc1ccc(C(CNC(=O)CCc2c[nH]c3ccccc23)c2c[nH]c3ccccc23)cc1OC. The Balaban J connectivity index is 1.37. The van der Waals surface area contributed by atoms with E-state index in [2.05, 4.69) is 45.6 Å². The van der Waals surface area contributed by atoms with E-state index in [9.17, 15) is 4.79 Å². The molecule has 5 rings (SSSR count). The maximum atomic E-state index is 12.9. The Kier molecular flexibility index (Phi) is 6.94. The molecule has 3 N–H and O–H groups in total. The van der Waals surface area contributed by atoms with Crippen LogP contribution in [0.5, 0.6) is 11.5 Å². The minimum Gasteiger partial charge on any atom is -0.493 e. The molecular weight excluding hydrogens is 450 g/mol. The molecule has 3 aromatic carbocycles. The number of ether oxygens (including phenoxy) is 2. The lowest BCUT2D eigenvalue weighted by molar-refractivity contribution is -0.121. The highest BCUT2D eigenvalue weighted by molar-refractivity contribution is 5.85. The van der Waals surface area contributed by atoms with E-state index in [1.807, 2.05) is 55.7 Å². The predicted octanol–water partition coefficient (Wildman–Crippen LogP) is 5.94. The van der Waals surface area contributed by atoms with Crippen LogP contribution in [0.25, 0.3) is 21.8 Å². The van der Waals surface area contributed by atoms with Gasteiger partial charge in [0.25, 0.3) is 0 Å². The third-order valence-corrected chi connectivity index (χ3v) is 6.69. The molecule has 0 bridgehead atoms. The summed E-state index contributed by atoms with van der Waals surface area (Å²) in [4.78, 5) is 19.6. The molecule has 5 aromatic rings. The highest BCUT2D eigenvalue weighted by Gasteiger charge is 2.21. The maximum absolute atomic E-state index is 12.9. The van der Waals surface area contributed by atoms with Gasteiger partial charge < -0.3 is 24.8 Å². The van der Waals surface area contributed by atoms with Gasteiger partial charge in [-0.1, -0.05) is 42.5 Å². The molecule has 1 unspecified atom stereocenters. The number of fused-ring (bicyclic) bond motifs is 2. The van der Waals surface area contributed by atoms with Crippen LogP contribution in [-0.2, 0) is 11.2 Å². The largest absolute Gasteiger partial charge is 0.493 e. The molecule has 0 saturated carbocycles. The van der Waals surface area contributed by atoms with Crippen molar-refractivity contribution in [2.45, 2.75) is 25.7 Å². The first kappa shape index (κ1) is 23.5. The summed E-state index contributed by atoms with van der Waals surface area (Å²) in [5.74, 6) is 1.37.